The second-order valence-electron chi connectivity index (χ2n) is 19.7. The van der Waals surface area contributed by atoms with Gasteiger partial charge in [-0.2, -0.15) is 0 Å². The number of amides is 2. The zero-order valence-corrected chi connectivity index (χ0v) is 32.6. The summed E-state index contributed by atoms with van der Waals surface area (Å²) in [4.78, 5) is 73.9. The number of fused-ring (bicyclic) bond motifs is 1. The summed E-state index contributed by atoms with van der Waals surface area (Å²) in [5.41, 5.74) is -2.52. The third kappa shape index (κ3) is 6.09. The molecule has 280 valence electrons. The van der Waals surface area contributed by atoms with Gasteiger partial charge in [0.2, 0.25) is 11.8 Å². The highest BCUT2D eigenvalue weighted by Crippen LogP contribution is 2.88. The molecule has 0 unspecified atom stereocenters. The molecule has 5 rings (SSSR count). The molecule has 2 heterocycles. The Bertz CT molecular complexity index is 1420. The zero-order valence-electron chi connectivity index (χ0n) is 32.6. The van der Waals surface area contributed by atoms with Crippen LogP contribution in [0.15, 0.2) is 12.7 Å². The highest BCUT2D eigenvalue weighted by Gasteiger charge is 2.85. The molecule has 0 bridgehead atoms. The largest absolute Gasteiger partial charge is 0.481 e. The fraction of sp³-hybridized carbons (Fsp3) is 0.829. The first kappa shape index (κ1) is 38.7. The molecule has 5 aliphatic rings. The summed E-state index contributed by atoms with van der Waals surface area (Å²) in [5, 5.41) is 13.3. The number of carbonyl (C=O) groups is 5. The Labute approximate surface area is 300 Å². The summed E-state index contributed by atoms with van der Waals surface area (Å²) in [7, 11) is 0. The third-order valence-corrected chi connectivity index (χ3v) is 14.5. The summed E-state index contributed by atoms with van der Waals surface area (Å²) < 4.78 is 0. The Kier molecular flexibility index (Phi) is 9.93. The van der Waals surface area contributed by atoms with Gasteiger partial charge in [0.15, 0.2) is 11.6 Å². The van der Waals surface area contributed by atoms with Crippen LogP contribution < -0.4 is 5.32 Å². The average molecular weight is 696 g/mol. The second-order valence-corrected chi connectivity index (χ2v) is 19.7. The summed E-state index contributed by atoms with van der Waals surface area (Å²) >= 11 is 0. The van der Waals surface area contributed by atoms with E-state index in [-0.39, 0.29) is 70.5 Å². The van der Waals surface area contributed by atoms with Crippen molar-refractivity contribution in [3.63, 3.8) is 0 Å². The van der Waals surface area contributed by atoms with Crippen LogP contribution in [0.1, 0.15) is 133 Å². The van der Waals surface area contributed by atoms with E-state index in [0.29, 0.717) is 19.4 Å². The van der Waals surface area contributed by atoms with E-state index in [1.807, 2.05) is 41.5 Å². The minimum atomic E-state index is -1.16. The molecule has 0 aromatic rings. The molecular weight excluding hydrogens is 630 g/mol. The van der Waals surface area contributed by atoms with E-state index in [1.165, 1.54) is 0 Å². The van der Waals surface area contributed by atoms with Gasteiger partial charge in [0.25, 0.3) is 0 Å². The lowest BCUT2D eigenvalue weighted by molar-refractivity contribution is -0.149. The monoisotopic (exact) mass is 695 g/mol. The van der Waals surface area contributed by atoms with Gasteiger partial charge >= 0.3 is 5.97 Å². The van der Waals surface area contributed by atoms with Crippen molar-refractivity contribution in [2.75, 3.05) is 13.1 Å². The first-order valence-corrected chi connectivity index (χ1v) is 19.3. The predicted octanol–water partition coefficient (Wildman–Crippen LogP) is 6.44. The molecule has 2 N–H and O–H groups in total. The molecule has 0 aromatic carbocycles. The highest BCUT2D eigenvalue weighted by atomic mass is 16.4. The maximum absolute atomic E-state index is 15.0. The van der Waals surface area contributed by atoms with Crippen LogP contribution in [0.3, 0.4) is 0 Å². The number of likely N-dealkylation sites (tertiary alicyclic amines) is 2. The first-order chi connectivity index (χ1) is 23.0. The van der Waals surface area contributed by atoms with Crippen LogP contribution >= 0.6 is 0 Å². The van der Waals surface area contributed by atoms with Crippen LogP contribution in [0.25, 0.3) is 0 Å². The van der Waals surface area contributed by atoms with Gasteiger partial charge in [0.05, 0.1) is 23.5 Å². The minimum absolute atomic E-state index is 0.0445. The van der Waals surface area contributed by atoms with Crippen molar-refractivity contribution in [3.8, 4) is 0 Å². The molecule has 2 saturated heterocycles. The van der Waals surface area contributed by atoms with Crippen molar-refractivity contribution in [1.29, 1.82) is 0 Å². The van der Waals surface area contributed by atoms with Gasteiger partial charge in [-0.15, -0.1) is 6.58 Å². The van der Waals surface area contributed by atoms with Gasteiger partial charge < -0.3 is 15.3 Å². The maximum Gasteiger partial charge on any atom is 0.310 e. The van der Waals surface area contributed by atoms with Gasteiger partial charge in [-0.05, 0) is 86.5 Å². The molecule has 5 fully saturated rings. The summed E-state index contributed by atoms with van der Waals surface area (Å²) in [5.74, 6) is -2.69. The molecule has 3 saturated carbocycles. The van der Waals surface area contributed by atoms with E-state index >= 15 is 0 Å². The molecule has 9 nitrogen and oxygen atoms in total. The van der Waals surface area contributed by atoms with Crippen LogP contribution in [0.5, 0.6) is 0 Å². The van der Waals surface area contributed by atoms with Crippen LogP contribution in [-0.2, 0) is 24.0 Å². The second kappa shape index (κ2) is 12.8. The quantitative estimate of drug-likeness (QED) is 0.226. The van der Waals surface area contributed by atoms with Gasteiger partial charge in [0, 0.05) is 36.8 Å². The molecule has 7 atom stereocenters. The Morgan fingerprint density at radius 2 is 1.56 bits per heavy atom. The van der Waals surface area contributed by atoms with Crippen molar-refractivity contribution in [2.45, 2.75) is 158 Å². The number of ketones is 2. The average Bonchev–Trinajstić information content (AvgIpc) is 3.72. The van der Waals surface area contributed by atoms with Crippen LogP contribution in [0.4, 0.5) is 0 Å². The minimum Gasteiger partial charge on any atom is -0.481 e. The van der Waals surface area contributed by atoms with E-state index in [2.05, 4.69) is 44.5 Å². The lowest BCUT2D eigenvalue weighted by Gasteiger charge is -2.40. The predicted molar refractivity (Wildman–Crippen MR) is 194 cm³/mol. The Morgan fingerprint density at radius 3 is 2.02 bits per heavy atom. The number of hydrogen-bond acceptors (Lipinski definition) is 6. The fourth-order valence-electron chi connectivity index (χ4n) is 10.9. The fourth-order valence-corrected chi connectivity index (χ4v) is 10.9. The summed E-state index contributed by atoms with van der Waals surface area (Å²) in [6.07, 6.45) is 8.42. The highest BCUT2D eigenvalue weighted by molar-refractivity contribution is 5.97. The SMILES string of the molecule is C=C[C@@H]1C[C@]1(CC(=O)[C@@H]1C[C@@]2(CN1C(=O)[C@@H](CC(=O)[C@@H](NC(=O)[C@@H]1CCCCN1C(C)C)C(C)(C)C)C(C)(C)C)C(C)(C)C21CCC1)C(=O)O. The number of nitrogens with zero attached hydrogens (tertiary/aromatic N) is 2. The molecule has 0 radical (unpaired) electrons. The van der Waals surface area contributed by atoms with Crippen LogP contribution in [-0.4, -0.2) is 81.5 Å². The number of carbonyl (C=O) groups excluding carboxylic acids is 4. The summed E-state index contributed by atoms with van der Waals surface area (Å²) in [6, 6.07) is -1.60. The van der Waals surface area contributed by atoms with Gasteiger partial charge in [-0.3, -0.25) is 28.9 Å². The number of Topliss-reactive ketones (excluding diaryl/α,β-unsaturated/α-hetero) is 2. The van der Waals surface area contributed by atoms with Crippen LogP contribution in [0.2, 0.25) is 0 Å². The standard InChI is InChI=1S/C41H65N3O6/c1-12-26-21-39(26,35(49)50)23-31(46)29-22-41(38(10,11)40(41)17-15-18-40)24-44(29)34(48)27(36(4,5)6)20-30(45)32(37(7,8)9)42-33(47)28-16-13-14-19-43(28)25(2)3/h12,25-29,32H,1,13-24H2,2-11H3,(H,42,47)(H,49,50)/t26-,27-,28+,29+,32-,39-,41-/m1/s1. The van der Waals surface area contributed by atoms with Crippen molar-refractivity contribution in [2.24, 2.45) is 44.3 Å². The summed E-state index contributed by atoms with van der Waals surface area (Å²) in [6.45, 7) is 25.6. The first-order valence-electron chi connectivity index (χ1n) is 19.3. The van der Waals surface area contributed by atoms with E-state index in [0.717, 1.165) is 45.1 Å². The number of nitrogens with one attached hydrogen (secondary N) is 1. The van der Waals surface area contributed by atoms with E-state index in [4.69, 9.17) is 0 Å². The molecular formula is C41H65N3O6. The molecule has 0 aromatic heterocycles. The normalized spacial score (nSPS) is 32.7. The molecule has 2 amide bonds. The van der Waals surface area contributed by atoms with Crippen molar-refractivity contribution in [3.05, 3.63) is 12.7 Å². The lowest BCUT2D eigenvalue weighted by Crippen LogP contribution is -2.58. The number of hydrogen-bond donors (Lipinski definition) is 2. The zero-order chi connectivity index (χ0) is 37.4. The van der Waals surface area contributed by atoms with Gasteiger partial charge in [0.1, 0.15) is 0 Å². The van der Waals surface area contributed by atoms with Crippen molar-refractivity contribution >= 4 is 29.4 Å². The molecule has 9 heteroatoms. The Hall–Kier alpha value is -2.55. The number of carboxylic acid groups (broad SMARTS) is 1. The van der Waals surface area contributed by atoms with E-state index < -0.39 is 40.2 Å². The van der Waals surface area contributed by atoms with E-state index in [1.54, 1.807) is 11.0 Å². The van der Waals surface area contributed by atoms with Gasteiger partial charge in [-0.1, -0.05) is 74.3 Å². The third-order valence-electron chi connectivity index (χ3n) is 14.5. The van der Waals surface area contributed by atoms with E-state index in [9.17, 15) is 29.1 Å². The van der Waals surface area contributed by atoms with Crippen molar-refractivity contribution in [1.82, 2.24) is 15.1 Å². The molecule has 3 aliphatic carbocycles. The number of aliphatic carboxylic acids is 1. The molecule has 2 aliphatic heterocycles. The number of allylic oxidation sites excluding steroid dienone is 1. The smallest absolute Gasteiger partial charge is 0.310 e. The number of carboxylic acids is 1. The number of rotatable bonds is 12. The van der Waals surface area contributed by atoms with Crippen molar-refractivity contribution < 1.29 is 29.1 Å². The van der Waals surface area contributed by atoms with Gasteiger partial charge in [-0.25, -0.2) is 0 Å². The maximum atomic E-state index is 15.0. The number of piperidine rings is 1. The molecule has 50 heavy (non-hydrogen) atoms. The Morgan fingerprint density at radius 1 is 0.920 bits per heavy atom. The molecule has 2 spiro atoms. The Balaban J connectivity index is 1.42. The lowest BCUT2D eigenvalue weighted by atomic mass is 9.73. The topological polar surface area (TPSA) is 124 Å². The van der Waals surface area contributed by atoms with Crippen LogP contribution in [0, 0.1) is 44.3 Å².